The number of hydrogen-bond acceptors (Lipinski definition) is 4. The van der Waals surface area contributed by atoms with Crippen LogP contribution in [0.2, 0.25) is 0 Å². The fourth-order valence-electron chi connectivity index (χ4n) is 1.25. The maximum atomic E-state index is 11.7. The van der Waals surface area contributed by atoms with Crippen molar-refractivity contribution in [2.45, 2.75) is 26.8 Å². The van der Waals surface area contributed by atoms with Gasteiger partial charge in [0, 0.05) is 25.7 Å². The lowest BCUT2D eigenvalue weighted by Gasteiger charge is -2.18. The van der Waals surface area contributed by atoms with E-state index in [1.54, 1.807) is 20.8 Å². The van der Waals surface area contributed by atoms with Gasteiger partial charge in [0.05, 0.1) is 0 Å². The number of carbonyl (C=O) groups is 1. The summed E-state index contributed by atoms with van der Waals surface area (Å²) in [6, 6.07) is -0.209. The van der Waals surface area contributed by atoms with Crippen LogP contribution in [-0.4, -0.2) is 50.1 Å². The molecule has 0 aliphatic heterocycles. The van der Waals surface area contributed by atoms with Crippen LogP contribution < -0.4 is 11.1 Å². The van der Waals surface area contributed by atoms with Crippen LogP contribution in [0.3, 0.4) is 0 Å². The maximum absolute atomic E-state index is 11.7. The first-order valence-corrected chi connectivity index (χ1v) is 6.95. The Morgan fingerprint density at radius 2 is 1.88 bits per heavy atom. The highest BCUT2D eigenvalue weighted by Crippen LogP contribution is 2.00. The van der Waals surface area contributed by atoms with Gasteiger partial charge in [-0.15, -0.1) is 0 Å². The summed E-state index contributed by atoms with van der Waals surface area (Å²) in [6.45, 7) is 6.24. The largest absolute Gasteiger partial charge is 0.351 e. The second-order valence-electron chi connectivity index (χ2n) is 3.54. The smallest absolute Gasteiger partial charge is 0.236 e. The fourth-order valence-corrected chi connectivity index (χ4v) is 2.63. The Morgan fingerprint density at radius 3 is 2.25 bits per heavy atom. The van der Waals surface area contributed by atoms with Crippen molar-refractivity contribution in [3.63, 3.8) is 0 Å². The first-order valence-electron chi connectivity index (χ1n) is 5.34. The van der Waals surface area contributed by atoms with Crippen LogP contribution in [0.15, 0.2) is 0 Å². The second kappa shape index (κ2) is 6.82. The third kappa shape index (κ3) is 4.91. The number of hydrogen-bond donors (Lipinski definition) is 2. The van der Waals surface area contributed by atoms with E-state index in [4.69, 9.17) is 5.73 Å². The number of nitrogens with two attached hydrogens (primary N) is 1. The van der Waals surface area contributed by atoms with Gasteiger partial charge in [0.25, 0.3) is 0 Å². The molecule has 96 valence electrons. The highest BCUT2D eigenvalue weighted by molar-refractivity contribution is 7.89. The number of sulfonamides is 1. The van der Waals surface area contributed by atoms with E-state index < -0.39 is 21.7 Å². The number of carbonyl (C=O) groups excluding carboxylic acids is 1. The molecule has 7 heteroatoms. The topological polar surface area (TPSA) is 92.5 Å². The molecule has 1 amide bonds. The number of nitrogens with one attached hydrogen (secondary N) is 1. The average Bonchev–Trinajstić information content (AvgIpc) is 2.17. The molecule has 0 aromatic rings. The molecule has 0 bridgehead atoms. The Kier molecular flexibility index (Phi) is 6.54. The van der Waals surface area contributed by atoms with Gasteiger partial charge in [-0.2, -0.15) is 0 Å². The molecule has 0 heterocycles. The summed E-state index contributed by atoms with van der Waals surface area (Å²) >= 11 is 0. The fraction of sp³-hybridized carbons (Fsp3) is 0.889. The molecule has 0 aromatic heterocycles. The summed E-state index contributed by atoms with van der Waals surface area (Å²) in [5.41, 5.74) is 5.32. The minimum absolute atomic E-state index is 0.209. The van der Waals surface area contributed by atoms with Crippen LogP contribution in [0.4, 0.5) is 0 Å². The minimum Gasteiger partial charge on any atom is -0.351 e. The molecule has 0 aromatic carbocycles. The number of rotatable bonds is 7. The normalized spacial score (nSPS) is 13.8. The lowest BCUT2D eigenvalue weighted by molar-refractivity contribution is -0.119. The third-order valence-corrected chi connectivity index (χ3v) is 4.10. The Hall–Kier alpha value is -0.660. The zero-order valence-electron chi connectivity index (χ0n) is 10.1. The van der Waals surface area contributed by atoms with E-state index in [-0.39, 0.29) is 12.6 Å². The third-order valence-electron chi connectivity index (χ3n) is 2.17. The molecule has 6 nitrogen and oxygen atoms in total. The first-order chi connectivity index (χ1) is 7.37. The molecule has 0 radical (unpaired) electrons. The van der Waals surface area contributed by atoms with E-state index in [1.165, 1.54) is 4.31 Å². The average molecular weight is 251 g/mol. The zero-order valence-corrected chi connectivity index (χ0v) is 10.9. The number of nitrogens with zero attached hydrogens (tertiary/aromatic N) is 1. The van der Waals surface area contributed by atoms with Gasteiger partial charge in [0.15, 0.2) is 0 Å². The molecule has 0 spiro atoms. The SMILES string of the molecule is CCN(CC)S(=O)(=O)CC(=O)N[C@@H](C)CN. The quantitative estimate of drug-likeness (QED) is 0.614. The van der Waals surface area contributed by atoms with Crippen LogP contribution in [-0.2, 0) is 14.8 Å². The predicted molar refractivity (Wildman–Crippen MR) is 63.4 cm³/mol. The molecule has 0 saturated heterocycles. The molecule has 0 aliphatic rings. The van der Waals surface area contributed by atoms with Gasteiger partial charge in [0.1, 0.15) is 5.75 Å². The molecule has 0 aliphatic carbocycles. The molecule has 1 atom stereocenters. The minimum atomic E-state index is -3.50. The highest BCUT2D eigenvalue weighted by atomic mass is 32.2. The van der Waals surface area contributed by atoms with Gasteiger partial charge >= 0.3 is 0 Å². The van der Waals surface area contributed by atoms with E-state index in [2.05, 4.69) is 5.32 Å². The summed E-state index contributed by atoms with van der Waals surface area (Å²) < 4.78 is 24.7. The van der Waals surface area contributed by atoms with E-state index in [9.17, 15) is 13.2 Å². The van der Waals surface area contributed by atoms with Gasteiger partial charge < -0.3 is 11.1 Å². The van der Waals surface area contributed by atoms with Crippen molar-refractivity contribution in [2.75, 3.05) is 25.4 Å². The van der Waals surface area contributed by atoms with Crippen molar-refractivity contribution in [3.05, 3.63) is 0 Å². The van der Waals surface area contributed by atoms with Crippen LogP contribution >= 0.6 is 0 Å². The molecule has 0 fully saturated rings. The van der Waals surface area contributed by atoms with Crippen molar-refractivity contribution in [1.29, 1.82) is 0 Å². The Balaban J connectivity index is 4.42. The van der Waals surface area contributed by atoms with Gasteiger partial charge in [0.2, 0.25) is 15.9 Å². The summed E-state index contributed by atoms with van der Waals surface area (Å²) in [6.07, 6.45) is 0. The molecule has 3 N–H and O–H groups in total. The highest BCUT2D eigenvalue weighted by Gasteiger charge is 2.23. The Labute approximate surface area is 97.2 Å². The van der Waals surface area contributed by atoms with Gasteiger partial charge in [-0.1, -0.05) is 13.8 Å². The Morgan fingerprint density at radius 1 is 1.38 bits per heavy atom. The monoisotopic (exact) mass is 251 g/mol. The molecule has 0 unspecified atom stereocenters. The zero-order chi connectivity index (χ0) is 12.8. The van der Waals surface area contributed by atoms with E-state index in [1.807, 2.05) is 0 Å². The molecular formula is C9H21N3O3S. The van der Waals surface area contributed by atoms with Crippen LogP contribution in [0.5, 0.6) is 0 Å². The van der Waals surface area contributed by atoms with Gasteiger partial charge in [-0.3, -0.25) is 4.79 Å². The summed E-state index contributed by atoms with van der Waals surface area (Å²) in [5.74, 6) is -1.02. The summed E-state index contributed by atoms with van der Waals surface area (Å²) in [5, 5.41) is 2.52. The van der Waals surface area contributed by atoms with Crippen molar-refractivity contribution in [3.8, 4) is 0 Å². The van der Waals surface area contributed by atoms with Crippen molar-refractivity contribution >= 4 is 15.9 Å². The van der Waals surface area contributed by atoms with E-state index in [0.717, 1.165) is 0 Å². The molecule has 16 heavy (non-hydrogen) atoms. The summed E-state index contributed by atoms with van der Waals surface area (Å²) in [7, 11) is -3.50. The first kappa shape index (κ1) is 15.3. The predicted octanol–water partition coefficient (Wildman–Crippen LogP) is -0.879. The van der Waals surface area contributed by atoms with E-state index >= 15 is 0 Å². The lowest BCUT2D eigenvalue weighted by Crippen LogP contribution is -2.44. The maximum Gasteiger partial charge on any atom is 0.236 e. The lowest BCUT2D eigenvalue weighted by atomic mass is 10.3. The van der Waals surface area contributed by atoms with Crippen molar-refractivity contribution < 1.29 is 13.2 Å². The molecule has 0 rings (SSSR count). The standard InChI is InChI=1S/C9H21N3O3S/c1-4-12(5-2)16(14,15)7-9(13)11-8(3)6-10/h8H,4-7,10H2,1-3H3,(H,11,13)/t8-/m0/s1. The van der Waals surface area contributed by atoms with Crippen molar-refractivity contribution in [1.82, 2.24) is 9.62 Å². The molecular weight excluding hydrogens is 230 g/mol. The van der Waals surface area contributed by atoms with Crippen molar-refractivity contribution in [2.24, 2.45) is 5.73 Å². The van der Waals surface area contributed by atoms with Crippen LogP contribution in [0.1, 0.15) is 20.8 Å². The molecule has 0 saturated carbocycles. The number of amides is 1. The van der Waals surface area contributed by atoms with Crippen LogP contribution in [0.25, 0.3) is 0 Å². The van der Waals surface area contributed by atoms with Gasteiger partial charge in [-0.05, 0) is 6.92 Å². The van der Waals surface area contributed by atoms with E-state index in [0.29, 0.717) is 13.1 Å². The Bertz CT molecular complexity index is 312. The second-order valence-corrected chi connectivity index (χ2v) is 5.51. The summed E-state index contributed by atoms with van der Waals surface area (Å²) in [4.78, 5) is 11.4. The van der Waals surface area contributed by atoms with Crippen LogP contribution in [0, 0.1) is 0 Å². The van der Waals surface area contributed by atoms with Gasteiger partial charge in [-0.25, -0.2) is 12.7 Å².